The molecule has 2 aromatic carbocycles. The van der Waals surface area contributed by atoms with Gasteiger partial charge in [-0.15, -0.1) is 0 Å². The van der Waals surface area contributed by atoms with Crippen LogP contribution in [0.4, 0.5) is 10.5 Å². The molecule has 1 aliphatic heterocycles. The number of para-hydroxylation sites is 1. The summed E-state index contributed by atoms with van der Waals surface area (Å²) >= 11 is 0. The zero-order valence-electron chi connectivity index (χ0n) is 16.3. The molecule has 1 saturated heterocycles. The van der Waals surface area contributed by atoms with Crippen molar-refractivity contribution in [2.24, 2.45) is 0 Å². The van der Waals surface area contributed by atoms with Crippen molar-refractivity contribution >= 4 is 23.5 Å². The smallest absolute Gasteiger partial charge is 0.325 e. The highest BCUT2D eigenvalue weighted by Crippen LogP contribution is 2.35. The Balaban J connectivity index is 1.37. The van der Waals surface area contributed by atoms with Crippen LogP contribution in [0, 0.1) is 0 Å². The molecule has 0 bridgehead atoms. The first-order valence-corrected chi connectivity index (χ1v) is 10.1. The van der Waals surface area contributed by atoms with E-state index in [0.717, 1.165) is 29.7 Å². The van der Waals surface area contributed by atoms with Crippen LogP contribution in [-0.2, 0) is 16.0 Å². The van der Waals surface area contributed by atoms with Gasteiger partial charge < -0.3 is 10.6 Å². The number of nitrogens with one attached hydrogen (secondary N) is 2. The summed E-state index contributed by atoms with van der Waals surface area (Å²) in [7, 11) is 0. The van der Waals surface area contributed by atoms with E-state index in [4.69, 9.17) is 0 Å². The van der Waals surface area contributed by atoms with E-state index in [-0.39, 0.29) is 30.8 Å². The average Bonchev–Trinajstić information content (AvgIpc) is 3.28. The molecule has 2 N–H and O–H groups in total. The van der Waals surface area contributed by atoms with Crippen LogP contribution in [-0.4, -0.2) is 34.8 Å². The standard InChI is InChI=1S/C23H25N3O3/c27-20(12-15-26-21(28)23(25-22(26)29)13-6-7-14-23)24-19-11-5-4-10-18(19)16-17-8-2-1-3-9-17/h1-5,8-11H,6-7,12-16H2,(H,24,27)(H,25,29). The summed E-state index contributed by atoms with van der Waals surface area (Å²) in [5.74, 6) is -0.393. The second-order valence-corrected chi connectivity index (χ2v) is 7.79. The molecule has 29 heavy (non-hydrogen) atoms. The summed E-state index contributed by atoms with van der Waals surface area (Å²) in [6.45, 7) is 0.0963. The predicted octanol–water partition coefficient (Wildman–Crippen LogP) is 3.47. The minimum Gasteiger partial charge on any atom is -0.326 e. The molecule has 0 atom stereocenters. The Morgan fingerprint density at radius 1 is 1.00 bits per heavy atom. The van der Waals surface area contributed by atoms with Crippen molar-refractivity contribution in [3.8, 4) is 0 Å². The Kier molecular flexibility index (Phi) is 5.34. The van der Waals surface area contributed by atoms with Gasteiger partial charge in [0, 0.05) is 18.7 Å². The molecule has 1 spiro atoms. The van der Waals surface area contributed by atoms with Gasteiger partial charge in [-0.1, -0.05) is 61.4 Å². The van der Waals surface area contributed by atoms with Crippen molar-refractivity contribution < 1.29 is 14.4 Å². The van der Waals surface area contributed by atoms with Gasteiger partial charge in [-0.3, -0.25) is 14.5 Å². The maximum absolute atomic E-state index is 12.7. The van der Waals surface area contributed by atoms with E-state index < -0.39 is 5.54 Å². The largest absolute Gasteiger partial charge is 0.326 e. The zero-order valence-corrected chi connectivity index (χ0v) is 16.3. The van der Waals surface area contributed by atoms with Gasteiger partial charge in [-0.2, -0.15) is 0 Å². The van der Waals surface area contributed by atoms with Gasteiger partial charge in [0.05, 0.1) is 0 Å². The molecule has 2 aromatic rings. The van der Waals surface area contributed by atoms with Crippen LogP contribution in [0.1, 0.15) is 43.2 Å². The van der Waals surface area contributed by atoms with Gasteiger partial charge in [0.1, 0.15) is 5.54 Å². The van der Waals surface area contributed by atoms with Gasteiger partial charge in [0.25, 0.3) is 5.91 Å². The number of amides is 4. The van der Waals surface area contributed by atoms with Gasteiger partial charge in [0.2, 0.25) is 5.91 Å². The Morgan fingerprint density at radius 3 is 2.45 bits per heavy atom. The van der Waals surface area contributed by atoms with E-state index in [1.54, 1.807) is 0 Å². The molecular weight excluding hydrogens is 366 g/mol. The van der Waals surface area contributed by atoms with Crippen molar-refractivity contribution in [1.29, 1.82) is 0 Å². The molecule has 2 aliphatic rings. The van der Waals surface area contributed by atoms with E-state index in [1.807, 2.05) is 42.5 Å². The highest BCUT2D eigenvalue weighted by Gasteiger charge is 2.52. The fourth-order valence-corrected chi connectivity index (χ4v) is 4.23. The van der Waals surface area contributed by atoms with Crippen molar-refractivity contribution in [2.45, 2.75) is 44.1 Å². The quantitative estimate of drug-likeness (QED) is 0.740. The molecule has 1 heterocycles. The van der Waals surface area contributed by atoms with Gasteiger partial charge in [-0.05, 0) is 36.5 Å². The predicted molar refractivity (Wildman–Crippen MR) is 110 cm³/mol. The number of nitrogens with zero attached hydrogens (tertiary/aromatic N) is 1. The lowest BCUT2D eigenvalue weighted by molar-refractivity contribution is -0.131. The number of anilines is 1. The van der Waals surface area contributed by atoms with E-state index >= 15 is 0 Å². The number of carbonyl (C=O) groups is 3. The lowest BCUT2D eigenvalue weighted by Gasteiger charge is -2.20. The number of imide groups is 1. The SMILES string of the molecule is O=C(CCN1C(=O)NC2(CCCC2)C1=O)Nc1ccccc1Cc1ccccc1. The van der Waals surface area contributed by atoms with Crippen molar-refractivity contribution in [3.63, 3.8) is 0 Å². The zero-order chi connectivity index (χ0) is 20.3. The van der Waals surface area contributed by atoms with Gasteiger partial charge in [-0.25, -0.2) is 4.79 Å². The minimum absolute atomic E-state index is 0.0783. The number of urea groups is 1. The van der Waals surface area contributed by atoms with Crippen molar-refractivity contribution in [3.05, 3.63) is 65.7 Å². The summed E-state index contributed by atoms with van der Waals surface area (Å²) < 4.78 is 0. The Morgan fingerprint density at radius 2 is 1.69 bits per heavy atom. The van der Waals surface area contributed by atoms with Crippen LogP contribution in [0.3, 0.4) is 0 Å². The molecule has 150 valence electrons. The molecule has 1 aliphatic carbocycles. The topological polar surface area (TPSA) is 78.5 Å². The lowest BCUT2D eigenvalue weighted by atomic mass is 9.98. The van der Waals surface area contributed by atoms with Crippen LogP contribution in [0.25, 0.3) is 0 Å². The van der Waals surface area contributed by atoms with Crippen LogP contribution in [0.5, 0.6) is 0 Å². The molecule has 0 aromatic heterocycles. The third-order valence-corrected chi connectivity index (χ3v) is 5.79. The number of hydrogen-bond donors (Lipinski definition) is 2. The number of rotatable bonds is 6. The number of hydrogen-bond acceptors (Lipinski definition) is 3. The van der Waals surface area contributed by atoms with E-state index in [2.05, 4.69) is 22.8 Å². The number of carbonyl (C=O) groups excluding carboxylic acids is 3. The van der Waals surface area contributed by atoms with Crippen molar-refractivity contribution in [1.82, 2.24) is 10.2 Å². The normalized spacial score (nSPS) is 17.6. The fourth-order valence-electron chi connectivity index (χ4n) is 4.23. The first-order chi connectivity index (χ1) is 14.1. The minimum atomic E-state index is -0.726. The first-order valence-electron chi connectivity index (χ1n) is 10.1. The third-order valence-electron chi connectivity index (χ3n) is 5.79. The molecule has 1 saturated carbocycles. The molecule has 6 nitrogen and oxygen atoms in total. The lowest BCUT2D eigenvalue weighted by Crippen LogP contribution is -2.44. The van der Waals surface area contributed by atoms with Crippen LogP contribution in [0.2, 0.25) is 0 Å². The Hall–Kier alpha value is -3.15. The highest BCUT2D eigenvalue weighted by molar-refractivity contribution is 6.07. The van der Waals surface area contributed by atoms with Gasteiger partial charge >= 0.3 is 6.03 Å². The van der Waals surface area contributed by atoms with Crippen LogP contribution in [0.15, 0.2) is 54.6 Å². The van der Waals surface area contributed by atoms with Crippen molar-refractivity contribution in [2.75, 3.05) is 11.9 Å². The second kappa shape index (κ2) is 8.07. The molecule has 0 radical (unpaired) electrons. The second-order valence-electron chi connectivity index (χ2n) is 7.79. The highest BCUT2D eigenvalue weighted by atomic mass is 16.2. The molecule has 2 fully saturated rings. The maximum Gasteiger partial charge on any atom is 0.325 e. The van der Waals surface area contributed by atoms with E-state index in [9.17, 15) is 14.4 Å². The Bertz CT molecular complexity index is 920. The Labute approximate surface area is 170 Å². The van der Waals surface area contributed by atoms with Gasteiger partial charge in [0.15, 0.2) is 0 Å². The molecular formula is C23H25N3O3. The average molecular weight is 391 g/mol. The molecule has 4 rings (SSSR count). The molecule has 4 amide bonds. The molecule has 0 unspecified atom stereocenters. The third kappa shape index (κ3) is 4.01. The summed E-state index contributed by atoms with van der Waals surface area (Å²) in [4.78, 5) is 38.6. The summed E-state index contributed by atoms with van der Waals surface area (Å²) in [5, 5.41) is 5.78. The summed E-state index contributed by atoms with van der Waals surface area (Å²) in [5.41, 5.74) is 2.21. The van der Waals surface area contributed by atoms with E-state index in [0.29, 0.717) is 19.3 Å². The first kappa shape index (κ1) is 19.2. The monoisotopic (exact) mass is 391 g/mol. The van der Waals surface area contributed by atoms with E-state index in [1.165, 1.54) is 4.90 Å². The molecule has 6 heteroatoms. The van der Waals surface area contributed by atoms with Crippen LogP contribution >= 0.6 is 0 Å². The summed E-state index contributed by atoms with van der Waals surface area (Å²) in [6.07, 6.45) is 4.05. The summed E-state index contributed by atoms with van der Waals surface area (Å²) in [6, 6.07) is 17.4. The maximum atomic E-state index is 12.7. The number of benzene rings is 2. The fraction of sp³-hybridized carbons (Fsp3) is 0.348. The van der Waals surface area contributed by atoms with Crippen LogP contribution < -0.4 is 10.6 Å².